The van der Waals surface area contributed by atoms with Crippen molar-refractivity contribution in [2.45, 2.75) is 40.3 Å². The van der Waals surface area contributed by atoms with Crippen molar-refractivity contribution in [1.82, 2.24) is 18.7 Å². The van der Waals surface area contributed by atoms with Gasteiger partial charge in [-0.25, -0.2) is 4.79 Å². The first-order chi connectivity index (χ1) is 14.5. The Labute approximate surface area is 175 Å². The summed E-state index contributed by atoms with van der Waals surface area (Å²) >= 11 is 0. The summed E-state index contributed by atoms with van der Waals surface area (Å²) in [6.07, 6.45) is 0.985. The zero-order valence-corrected chi connectivity index (χ0v) is 18.1. The first kappa shape index (κ1) is 20.4. The standard InChI is InChI=1S/C22H29N5O3/c1-5-16-7-9-17(10-8-16)26-13-15(3)14-27-18-19(23-21(26)27)24(4)22(29)25(20(18)28)11-12-30-6-2/h7-10,15H,5-6,11-14H2,1-4H3/t15-/m1/s1. The Hall–Kier alpha value is -2.87. The predicted molar refractivity (Wildman–Crippen MR) is 118 cm³/mol. The predicted octanol–water partition coefficient (Wildman–Crippen LogP) is 2.28. The van der Waals surface area contributed by atoms with Gasteiger partial charge in [0.15, 0.2) is 11.2 Å². The molecule has 3 heterocycles. The Balaban J connectivity index is 1.88. The summed E-state index contributed by atoms with van der Waals surface area (Å²) in [5.74, 6) is 1.04. The van der Waals surface area contributed by atoms with Crippen molar-refractivity contribution in [2.75, 3.05) is 24.7 Å². The lowest BCUT2D eigenvalue weighted by atomic mass is 10.1. The molecule has 0 fully saturated rings. The first-order valence-electron chi connectivity index (χ1n) is 10.6. The molecular formula is C22H29N5O3. The summed E-state index contributed by atoms with van der Waals surface area (Å²) in [5, 5.41) is 0. The minimum atomic E-state index is -0.366. The highest BCUT2D eigenvalue weighted by Crippen LogP contribution is 2.32. The second kappa shape index (κ2) is 8.10. The van der Waals surface area contributed by atoms with Crippen LogP contribution in [0.3, 0.4) is 0 Å². The molecule has 0 amide bonds. The van der Waals surface area contributed by atoms with Crippen LogP contribution < -0.4 is 16.1 Å². The molecule has 4 rings (SSSR count). The highest BCUT2D eigenvalue weighted by atomic mass is 16.5. The molecule has 0 saturated heterocycles. The molecule has 0 N–H and O–H groups in total. The molecular weight excluding hydrogens is 382 g/mol. The second-order valence-corrected chi connectivity index (χ2v) is 7.93. The van der Waals surface area contributed by atoms with Gasteiger partial charge in [-0.2, -0.15) is 4.98 Å². The minimum Gasteiger partial charge on any atom is -0.380 e. The lowest BCUT2D eigenvalue weighted by Gasteiger charge is -2.33. The van der Waals surface area contributed by atoms with Crippen molar-refractivity contribution in [3.63, 3.8) is 0 Å². The summed E-state index contributed by atoms with van der Waals surface area (Å²) in [6, 6.07) is 8.44. The quantitative estimate of drug-likeness (QED) is 0.582. The van der Waals surface area contributed by atoms with Gasteiger partial charge in [-0.05, 0) is 37.0 Å². The fourth-order valence-corrected chi connectivity index (χ4v) is 4.13. The van der Waals surface area contributed by atoms with E-state index in [1.165, 1.54) is 14.7 Å². The molecule has 2 aromatic heterocycles. The van der Waals surface area contributed by atoms with Crippen LogP contribution in [-0.4, -0.2) is 38.4 Å². The average molecular weight is 412 g/mol. The van der Waals surface area contributed by atoms with E-state index in [2.05, 4.69) is 43.0 Å². The zero-order chi connectivity index (χ0) is 21.4. The summed E-state index contributed by atoms with van der Waals surface area (Å²) < 4.78 is 10.1. The van der Waals surface area contributed by atoms with E-state index >= 15 is 0 Å². The Morgan fingerprint density at radius 3 is 2.53 bits per heavy atom. The van der Waals surface area contributed by atoms with Crippen molar-refractivity contribution in [1.29, 1.82) is 0 Å². The largest absolute Gasteiger partial charge is 0.380 e. The van der Waals surface area contributed by atoms with Crippen LogP contribution in [0.1, 0.15) is 26.3 Å². The monoisotopic (exact) mass is 411 g/mol. The summed E-state index contributed by atoms with van der Waals surface area (Å²) in [7, 11) is 1.67. The van der Waals surface area contributed by atoms with Crippen LogP contribution in [0.25, 0.3) is 11.2 Å². The second-order valence-electron chi connectivity index (χ2n) is 7.93. The number of imidazole rings is 1. The molecule has 0 aliphatic carbocycles. The van der Waals surface area contributed by atoms with Crippen molar-refractivity contribution in [3.05, 3.63) is 50.7 Å². The van der Waals surface area contributed by atoms with Gasteiger partial charge < -0.3 is 14.2 Å². The molecule has 8 nitrogen and oxygen atoms in total. The third-order valence-corrected chi connectivity index (χ3v) is 5.76. The van der Waals surface area contributed by atoms with Gasteiger partial charge in [0.2, 0.25) is 5.95 Å². The Bertz CT molecular complexity index is 1170. The maximum absolute atomic E-state index is 13.3. The van der Waals surface area contributed by atoms with Crippen molar-refractivity contribution in [2.24, 2.45) is 13.0 Å². The molecule has 0 unspecified atom stereocenters. The van der Waals surface area contributed by atoms with E-state index in [0.29, 0.717) is 42.8 Å². The van der Waals surface area contributed by atoms with Gasteiger partial charge in [-0.1, -0.05) is 26.0 Å². The van der Waals surface area contributed by atoms with E-state index in [1.54, 1.807) is 7.05 Å². The van der Waals surface area contributed by atoms with Crippen LogP contribution in [0.4, 0.5) is 11.6 Å². The summed E-state index contributed by atoms with van der Waals surface area (Å²) in [6.45, 7) is 8.78. The number of rotatable bonds is 6. The Morgan fingerprint density at radius 2 is 1.87 bits per heavy atom. The number of aromatic nitrogens is 4. The number of anilines is 2. The van der Waals surface area contributed by atoms with Gasteiger partial charge in [0, 0.05) is 32.4 Å². The van der Waals surface area contributed by atoms with Crippen LogP contribution in [0.2, 0.25) is 0 Å². The van der Waals surface area contributed by atoms with Crippen LogP contribution >= 0.6 is 0 Å². The number of hydrogen-bond donors (Lipinski definition) is 0. The SMILES string of the molecule is CCOCCn1c(=O)c2c(nc3n2C[C@H](C)CN3c2ccc(CC)cc2)n(C)c1=O. The van der Waals surface area contributed by atoms with E-state index in [0.717, 1.165) is 18.7 Å². The van der Waals surface area contributed by atoms with Gasteiger partial charge in [0.05, 0.1) is 13.2 Å². The molecule has 0 spiro atoms. The van der Waals surface area contributed by atoms with Crippen molar-refractivity contribution in [3.8, 4) is 0 Å². The maximum Gasteiger partial charge on any atom is 0.332 e. The van der Waals surface area contributed by atoms with E-state index in [-0.39, 0.29) is 17.8 Å². The number of ether oxygens (including phenoxy) is 1. The fraction of sp³-hybridized carbons (Fsp3) is 0.500. The normalized spacial score (nSPS) is 16.3. The molecule has 1 atom stereocenters. The third kappa shape index (κ3) is 3.35. The molecule has 0 saturated carbocycles. The molecule has 1 aliphatic heterocycles. The molecule has 0 bridgehead atoms. The van der Waals surface area contributed by atoms with Crippen LogP contribution in [0.15, 0.2) is 33.9 Å². The minimum absolute atomic E-state index is 0.230. The summed E-state index contributed by atoms with van der Waals surface area (Å²) in [4.78, 5) is 33.0. The van der Waals surface area contributed by atoms with Gasteiger partial charge in [0.25, 0.3) is 5.56 Å². The molecule has 30 heavy (non-hydrogen) atoms. The van der Waals surface area contributed by atoms with Crippen molar-refractivity contribution >= 4 is 22.8 Å². The molecule has 8 heteroatoms. The molecule has 160 valence electrons. The first-order valence-corrected chi connectivity index (χ1v) is 10.6. The number of nitrogens with zero attached hydrogens (tertiary/aromatic N) is 5. The Kier molecular flexibility index (Phi) is 5.51. The van der Waals surface area contributed by atoms with Gasteiger partial charge in [-0.15, -0.1) is 0 Å². The summed E-state index contributed by atoms with van der Waals surface area (Å²) in [5.41, 5.74) is 2.55. The molecule has 1 aromatic carbocycles. The third-order valence-electron chi connectivity index (χ3n) is 5.76. The topological polar surface area (TPSA) is 74.3 Å². The number of fused-ring (bicyclic) bond motifs is 3. The molecule has 3 aromatic rings. The van der Waals surface area contributed by atoms with E-state index in [4.69, 9.17) is 9.72 Å². The van der Waals surface area contributed by atoms with E-state index < -0.39 is 0 Å². The highest BCUT2D eigenvalue weighted by molar-refractivity contribution is 5.77. The highest BCUT2D eigenvalue weighted by Gasteiger charge is 2.29. The van der Waals surface area contributed by atoms with Crippen LogP contribution in [0, 0.1) is 5.92 Å². The van der Waals surface area contributed by atoms with E-state index in [9.17, 15) is 9.59 Å². The van der Waals surface area contributed by atoms with Gasteiger partial charge in [0.1, 0.15) is 0 Å². The lowest BCUT2D eigenvalue weighted by molar-refractivity contribution is 0.137. The van der Waals surface area contributed by atoms with Crippen LogP contribution in [0.5, 0.6) is 0 Å². The van der Waals surface area contributed by atoms with Crippen LogP contribution in [-0.2, 0) is 31.3 Å². The smallest absolute Gasteiger partial charge is 0.332 e. The van der Waals surface area contributed by atoms with Gasteiger partial charge in [-0.3, -0.25) is 13.9 Å². The molecule has 0 radical (unpaired) electrons. The van der Waals surface area contributed by atoms with E-state index in [1.807, 2.05) is 11.5 Å². The lowest BCUT2D eigenvalue weighted by Crippen LogP contribution is -2.41. The zero-order valence-electron chi connectivity index (χ0n) is 18.1. The fourth-order valence-electron chi connectivity index (χ4n) is 4.13. The number of hydrogen-bond acceptors (Lipinski definition) is 5. The van der Waals surface area contributed by atoms with Gasteiger partial charge >= 0.3 is 5.69 Å². The number of benzene rings is 1. The maximum atomic E-state index is 13.3. The number of aryl methyl sites for hydroxylation is 2. The average Bonchev–Trinajstić information content (AvgIpc) is 3.13. The van der Waals surface area contributed by atoms with Crippen molar-refractivity contribution < 1.29 is 4.74 Å². The molecule has 1 aliphatic rings. The Morgan fingerprint density at radius 1 is 1.13 bits per heavy atom.